The Morgan fingerprint density at radius 2 is 2.04 bits per heavy atom. The van der Waals surface area contributed by atoms with Crippen molar-refractivity contribution in [2.45, 2.75) is 12.6 Å². The highest BCUT2D eigenvalue weighted by atomic mass is 32.1. The van der Waals surface area contributed by atoms with Crippen molar-refractivity contribution in [3.05, 3.63) is 58.0 Å². The van der Waals surface area contributed by atoms with Crippen molar-refractivity contribution in [3.63, 3.8) is 0 Å². The first-order chi connectivity index (χ1) is 11.2. The standard InChI is InChI=1S/C16H19FN2O3S/c17-14-3-1-12(2-4-14)9-18-16(21)19-10-15(22-7-6-20)13-5-8-23-11-13/h1-5,8,11,15,20H,6-7,9-10H2,(H2,18,19,21)/t15-/m0/s1. The fourth-order valence-electron chi connectivity index (χ4n) is 1.96. The van der Waals surface area contributed by atoms with Gasteiger partial charge in [-0.3, -0.25) is 0 Å². The molecule has 0 aliphatic heterocycles. The van der Waals surface area contributed by atoms with Gasteiger partial charge in [-0.25, -0.2) is 9.18 Å². The zero-order valence-corrected chi connectivity index (χ0v) is 13.3. The predicted octanol–water partition coefficient (Wildman–Crippen LogP) is 2.44. The first-order valence-electron chi connectivity index (χ1n) is 7.19. The van der Waals surface area contributed by atoms with Crippen LogP contribution in [0.5, 0.6) is 0 Å². The van der Waals surface area contributed by atoms with Gasteiger partial charge in [-0.15, -0.1) is 0 Å². The van der Waals surface area contributed by atoms with Gasteiger partial charge in [0.25, 0.3) is 0 Å². The molecule has 0 fully saturated rings. The number of aliphatic hydroxyl groups is 1. The molecule has 0 saturated carbocycles. The lowest BCUT2D eigenvalue weighted by Crippen LogP contribution is -2.38. The van der Waals surface area contributed by atoms with Gasteiger partial charge in [0.2, 0.25) is 0 Å². The van der Waals surface area contributed by atoms with Gasteiger partial charge in [0.1, 0.15) is 11.9 Å². The Balaban J connectivity index is 1.78. The smallest absolute Gasteiger partial charge is 0.315 e. The Labute approximate surface area is 138 Å². The number of ether oxygens (including phenoxy) is 1. The van der Waals surface area contributed by atoms with Gasteiger partial charge in [-0.1, -0.05) is 12.1 Å². The SMILES string of the molecule is O=C(NCc1ccc(F)cc1)NC[C@H](OCCO)c1ccsc1. The number of thiophene rings is 1. The van der Waals surface area contributed by atoms with E-state index in [0.717, 1.165) is 11.1 Å². The molecule has 0 radical (unpaired) electrons. The van der Waals surface area contributed by atoms with Crippen molar-refractivity contribution in [1.29, 1.82) is 0 Å². The molecule has 1 atom stereocenters. The molecule has 0 saturated heterocycles. The van der Waals surface area contributed by atoms with Crippen LogP contribution in [0, 0.1) is 5.82 Å². The first-order valence-corrected chi connectivity index (χ1v) is 8.14. The molecular weight excluding hydrogens is 319 g/mol. The number of aliphatic hydroxyl groups excluding tert-OH is 1. The molecule has 5 nitrogen and oxygen atoms in total. The van der Waals surface area contributed by atoms with E-state index in [-0.39, 0.29) is 31.2 Å². The quantitative estimate of drug-likeness (QED) is 0.692. The third kappa shape index (κ3) is 5.97. The molecule has 0 unspecified atom stereocenters. The third-order valence-electron chi connectivity index (χ3n) is 3.14. The normalized spacial score (nSPS) is 11.9. The maximum atomic E-state index is 12.8. The van der Waals surface area contributed by atoms with Crippen LogP contribution >= 0.6 is 11.3 Å². The van der Waals surface area contributed by atoms with E-state index in [1.165, 1.54) is 12.1 Å². The number of nitrogens with one attached hydrogen (secondary N) is 2. The molecule has 2 rings (SSSR count). The second kappa shape index (κ2) is 9.24. The molecule has 0 spiro atoms. The van der Waals surface area contributed by atoms with E-state index in [4.69, 9.17) is 9.84 Å². The molecule has 3 N–H and O–H groups in total. The minimum Gasteiger partial charge on any atom is -0.394 e. The van der Waals surface area contributed by atoms with Crippen LogP contribution in [0.1, 0.15) is 17.2 Å². The number of amides is 2. The highest BCUT2D eigenvalue weighted by Crippen LogP contribution is 2.19. The van der Waals surface area contributed by atoms with E-state index in [0.29, 0.717) is 13.1 Å². The van der Waals surface area contributed by atoms with Crippen LogP contribution in [0.2, 0.25) is 0 Å². The van der Waals surface area contributed by atoms with E-state index < -0.39 is 0 Å². The summed E-state index contributed by atoms with van der Waals surface area (Å²) in [4.78, 5) is 11.8. The van der Waals surface area contributed by atoms with Crippen molar-refractivity contribution in [3.8, 4) is 0 Å². The summed E-state index contributed by atoms with van der Waals surface area (Å²) in [6.07, 6.45) is -0.301. The lowest BCUT2D eigenvalue weighted by molar-refractivity contribution is 0.0297. The van der Waals surface area contributed by atoms with Crippen molar-refractivity contribution < 1.29 is 19.0 Å². The average molecular weight is 338 g/mol. The Hall–Kier alpha value is -1.96. The molecule has 0 bridgehead atoms. The zero-order chi connectivity index (χ0) is 16.5. The lowest BCUT2D eigenvalue weighted by atomic mass is 10.2. The Morgan fingerprint density at radius 1 is 1.26 bits per heavy atom. The molecule has 1 aromatic carbocycles. The number of urea groups is 1. The molecule has 0 aliphatic rings. The van der Waals surface area contributed by atoms with E-state index in [1.807, 2.05) is 16.8 Å². The van der Waals surface area contributed by atoms with Crippen molar-refractivity contribution in [2.75, 3.05) is 19.8 Å². The van der Waals surface area contributed by atoms with Gasteiger partial charge in [0.05, 0.1) is 13.2 Å². The largest absolute Gasteiger partial charge is 0.394 e. The number of carbonyl (C=O) groups is 1. The summed E-state index contributed by atoms with van der Waals surface area (Å²) in [5, 5.41) is 18.2. The molecule has 23 heavy (non-hydrogen) atoms. The minimum absolute atomic E-state index is 0.0720. The van der Waals surface area contributed by atoms with Crippen LogP contribution in [0.25, 0.3) is 0 Å². The van der Waals surface area contributed by atoms with Gasteiger partial charge < -0.3 is 20.5 Å². The zero-order valence-electron chi connectivity index (χ0n) is 12.5. The summed E-state index contributed by atoms with van der Waals surface area (Å²) in [6, 6.07) is 7.53. The molecule has 2 aromatic rings. The van der Waals surface area contributed by atoms with Crippen LogP contribution < -0.4 is 10.6 Å². The molecule has 124 valence electrons. The minimum atomic E-state index is -0.331. The van der Waals surface area contributed by atoms with Gasteiger partial charge in [-0.05, 0) is 40.1 Å². The van der Waals surface area contributed by atoms with E-state index in [1.54, 1.807) is 23.5 Å². The Kier molecular flexibility index (Phi) is 6.99. The Morgan fingerprint density at radius 3 is 2.70 bits per heavy atom. The van der Waals surface area contributed by atoms with Gasteiger partial charge in [-0.2, -0.15) is 11.3 Å². The molecular formula is C16H19FN2O3S. The van der Waals surface area contributed by atoms with Gasteiger partial charge in [0.15, 0.2) is 0 Å². The fraction of sp³-hybridized carbons (Fsp3) is 0.312. The number of hydrogen-bond acceptors (Lipinski definition) is 4. The summed E-state index contributed by atoms with van der Waals surface area (Å²) < 4.78 is 18.3. The van der Waals surface area contributed by atoms with E-state index in [9.17, 15) is 9.18 Å². The topological polar surface area (TPSA) is 70.6 Å². The molecule has 1 aromatic heterocycles. The van der Waals surface area contributed by atoms with Crippen molar-refractivity contribution in [2.24, 2.45) is 0 Å². The molecule has 7 heteroatoms. The Bertz CT molecular complexity index is 590. The predicted molar refractivity (Wildman–Crippen MR) is 86.7 cm³/mol. The lowest BCUT2D eigenvalue weighted by Gasteiger charge is -2.17. The van der Waals surface area contributed by atoms with Gasteiger partial charge in [0, 0.05) is 13.1 Å². The summed E-state index contributed by atoms with van der Waals surface area (Å²) >= 11 is 1.54. The fourth-order valence-corrected chi connectivity index (χ4v) is 2.66. The van der Waals surface area contributed by atoms with Crippen LogP contribution in [0.4, 0.5) is 9.18 Å². The summed E-state index contributed by atoms with van der Waals surface area (Å²) in [7, 11) is 0. The number of rotatable bonds is 8. The van der Waals surface area contributed by atoms with Crippen LogP contribution in [-0.4, -0.2) is 30.9 Å². The number of carbonyl (C=O) groups excluding carboxylic acids is 1. The summed E-state index contributed by atoms with van der Waals surface area (Å²) in [5.41, 5.74) is 1.77. The van der Waals surface area contributed by atoms with E-state index >= 15 is 0 Å². The molecule has 1 heterocycles. The third-order valence-corrected chi connectivity index (χ3v) is 3.84. The van der Waals surface area contributed by atoms with E-state index in [2.05, 4.69) is 10.6 Å². The van der Waals surface area contributed by atoms with Crippen LogP contribution in [0.15, 0.2) is 41.1 Å². The second-order valence-corrected chi connectivity index (χ2v) is 5.61. The van der Waals surface area contributed by atoms with Gasteiger partial charge >= 0.3 is 6.03 Å². The maximum absolute atomic E-state index is 12.8. The molecule has 2 amide bonds. The van der Waals surface area contributed by atoms with Crippen molar-refractivity contribution in [1.82, 2.24) is 10.6 Å². The van der Waals surface area contributed by atoms with Crippen molar-refractivity contribution >= 4 is 17.4 Å². The summed E-state index contributed by atoms with van der Waals surface area (Å²) in [6.45, 7) is 0.746. The highest BCUT2D eigenvalue weighted by Gasteiger charge is 2.13. The first kappa shape index (κ1) is 17.4. The number of halogens is 1. The second-order valence-electron chi connectivity index (χ2n) is 4.83. The van der Waals surface area contributed by atoms with Crippen LogP contribution in [-0.2, 0) is 11.3 Å². The highest BCUT2D eigenvalue weighted by molar-refractivity contribution is 7.07. The number of benzene rings is 1. The maximum Gasteiger partial charge on any atom is 0.315 e. The molecule has 0 aliphatic carbocycles. The average Bonchev–Trinajstić information content (AvgIpc) is 3.09. The summed E-state index contributed by atoms with van der Waals surface area (Å²) in [5.74, 6) is -0.308. The number of hydrogen-bond donors (Lipinski definition) is 3. The van der Waals surface area contributed by atoms with Crippen LogP contribution in [0.3, 0.4) is 0 Å². The monoisotopic (exact) mass is 338 g/mol.